The van der Waals surface area contributed by atoms with Crippen LogP contribution in [0.3, 0.4) is 0 Å². The van der Waals surface area contributed by atoms with Crippen LogP contribution in [0.1, 0.15) is 22.3 Å². The SMILES string of the molecule is O=C(c1ccc(Cl)c(S(=O)(=O)NCc2ccccc2)c1)N1CCC1. The molecule has 0 saturated carbocycles. The van der Waals surface area contributed by atoms with E-state index >= 15 is 0 Å². The lowest BCUT2D eigenvalue weighted by Crippen LogP contribution is -2.42. The molecule has 1 N–H and O–H groups in total. The van der Waals surface area contributed by atoms with Crippen molar-refractivity contribution in [3.05, 3.63) is 64.7 Å². The summed E-state index contributed by atoms with van der Waals surface area (Å²) in [7, 11) is -3.81. The normalized spacial score (nSPS) is 14.3. The molecule has 0 radical (unpaired) electrons. The summed E-state index contributed by atoms with van der Waals surface area (Å²) in [5, 5.41) is 0.0933. The minimum atomic E-state index is -3.81. The molecule has 0 aromatic heterocycles. The predicted octanol–water partition coefficient (Wildman–Crippen LogP) is 2.66. The number of likely N-dealkylation sites (tertiary alicyclic amines) is 1. The lowest BCUT2D eigenvalue weighted by molar-refractivity contribution is 0.0651. The molecule has 1 amide bonds. The maximum absolute atomic E-state index is 12.5. The number of amides is 1. The second-order valence-corrected chi connectivity index (χ2v) is 7.74. The lowest BCUT2D eigenvalue weighted by Gasteiger charge is -2.31. The zero-order valence-electron chi connectivity index (χ0n) is 12.9. The second kappa shape index (κ2) is 6.93. The molecule has 0 aliphatic carbocycles. The van der Waals surface area contributed by atoms with E-state index in [0.717, 1.165) is 12.0 Å². The van der Waals surface area contributed by atoms with Crippen LogP contribution in [-0.4, -0.2) is 32.3 Å². The van der Waals surface area contributed by atoms with Crippen LogP contribution in [-0.2, 0) is 16.6 Å². The van der Waals surface area contributed by atoms with Crippen molar-refractivity contribution in [3.63, 3.8) is 0 Å². The van der Waals surface area contributed by atoms with Crippen molar-refractivity contribution >= 4 is 27.5 Å². The van der Waals surface area contributed by atoms with Crippen LogP contribution < -0.4 is 4.72 Å². The van der Waals surface area contributed by atoms with E-state index in [9.17, 15) is 13.2 Å². The second-order valence-electron chi connectivity index (χ2n) is 5.60. The summed E-state index contributed by atoms with van der Waals surface area (Å²) in [6.07, 6.45) is 0.975. The predicted molar refractivity (Wildman–Crippen MR) is 92.4 cm³/mol. The summed E-state index contributed by atoms with van der Waals surface area (Å²) in [5.74, 6) is -0.169. The highest BCUT2D eigenvalue weighted by Crippen LogP contribution is 2.24. The monoisotopic (exact) mass is 364 g/mol. The van der Waals surface area contributed by atoms with E-state index in [1.165, 1.54) is 12.1 Å². The molecule has 1 fully saturated rings. The van der Waals surface area contributed by atoms with E-state index in [1.807, 2.05) is 30.3 Å². The lowest BCUT2D eigenvalue weighted by atomic mass is 10.1. The molecule has 24 heavy (non-hydrogen) atoms. The first-order valence-corrected chi connectivity index (χ1v) is 9.46. The maximum Gasteiger partial charge on any atom is 0.253 e. The van der Waals surface area contributed by atoms with Crippen molar-refractivity contribution < 1.29 is 13.2 Å². The number of carbonyl (C=O) groups is 1. The highest BCUT2D eigenvalue weighted by atomic mass is 35.5. The summed E-state index contributed by atoms with van der Waals surface area (Å²) >= 11 is 6.05. The van der Waals surface area contributed by atoms with Crippen molar-refractivity contribution in [2.24, 2.45) is 0 Å². The number of hydrogen-bond donors (Lipinski definition) is 1. The smallest absolute Gasteiger partial charge is 0.253 e. The fraction of sp³-hybridized carbons (Fsp3) is 0.235. The van der Waals surface area contributed by atoms with Crippen molar-refractivity contribution in [3.8, 4) is 0 Å². The third-order valence-electron chi connectivity index (χ3n) is 3.92. The highest BCUT2D eigenvalue weighted by molar-refractivity contribution is 7.89. The van der Waals surface area contributed by atoms with Gasteiger partial charge in [-0.2, -0.15) is 0 Å². The van der Waals surface area contributed by atoms with Crippen LogP contribution in [0.2, 0.25) is 5.02 Å². The topological polar surface area (TPSA) is 66.5 Å². The van der Waals surface area contributed by atoms with Crippen LogP contribution in [0, 0.1) is 0 Å². The first-order chi connectivity index (χ1) is 11.5. The van der Waals surface area contributed by atoms with Crippen LogP contribution in [0.15, 0.2) is 53.4 Å². The molecule has 7 heteroatoms. The third kappa shape index (κ3) is 3.61. The zero-order chi connectivity index (χ0) is 17.2. The molecule has 0 atom stereocenters. The fourth-order valence-electron chi connectivity index (χ4n) is 2.40. The van der Waals surface area contributed by atoms with Gasteiger partial charge in [0.15, 0.2) is 0 Å². The average molecular weight is 365 g/mol. The first kappa shape index (κ1) is 17.0. The zero-order valence-corrected chi connectivity index (χ0v) is 14.5. The molecule has 2 aromatic rings. The molecule has 2 aromatic carbocycles. The first-order valence-electron chi connectivity index (χ1n) is 7.60. The van der Waals surface area contributed by atoms with Crippen molar-refractivity contribution in [2.75, 3.05) is 13.1 Å². The van der Waals surface area contributed by atoms with Crippen LogP contribution in [0.25, 0.3) is 0 Å². The van der Waals surface area contributed by atoms with E-state index in [0.29, 0.717) is 18.7 Å². The Kier molecular flexibility index (Phi) is 4.89. The number of sulfonamides is 1. The Bertz CT molecular complexity index is 849. The molecule has 5 nitrogen and oxygen atoms in total. The Morgan fingerprint density at radius 2 is 1.83 bits per heavy atom. The molecule has 1 heterocycles. The number of nitrogens with one attached hydrogen (secondary N) is 1. The van der Waals surface area contributed by atoms with Gasteiger partial charge >= 0.3 is 0 Å². The summed E-state index contributed by atoms with van der Waals surface area (Å²) in [4.78, 5) is 13.9. The Morgan fingerprint density at radius 3 is 2.46 bits per heavy atom. The van der Waals surface area contributed by atoms with Gasteiger partial charge < -0.3 is 4.90 Å². The molecule has 1 aliphatic rings. The van der Waals surface area contributed by atoms with Gasteiger partial charge in [0, 0.05) is 25.2 Å². The number of halogens is 1. The van der Waals surface area contributed by atoms with Crippen molar-refractivity contribution in [1.29, 1.82) is 0 Å². The number of hydrogen-bond acceptors (Lipinski definition) is 3. The van der Waals surface area contributed by atoms with E-state index < -0.39 is 10.0 Å². The molecule has 1 aliphatic heterocycles. The van der Waals surface area contributed by atoms with Gasteiger partial charge in [0.1, 0.15) is 4.90 Å². The number of rotatable bonds is 5. The van der Waals surface area contributed by atoms with Crippen molar-refractivity contribution in [1.82, 2.24) is 9.62 Å². The quantitative estimate of drug-likeness (QED) is 0.887. The van der Waals surface area contributed by atoms with Crippen LogP contribution >= 0.6 is 11.6 Å². The number of nitrogens with zero attached hydrogens (tertiary/aromatic N) is 1. The van der Waals surface area contributed by atoms with Crippen molar-refractivity contribution in [2.45, 2.75) is 17.9 Å². The number of benzene rings is 2. The molecule has 3 rings (SSSR count). The average Bonchev–Trinajstić information content (AvgIpc) is 2.52. The number of carbonyl (C=O) groups excluding carboxylic acids is 1. The van der Waals surface area contributed by atoms with Crippen LogP contribution in [0.5, 0.6) is 0 Å². The molecule has 126 valence electrons. The van der Waals surface area contributed by atoms with Gasteiger partial charge in [-0.15, -0.1) is 0 Å². The van der Waals surface area contributed by atoms with E-state index in [4.69, 9.17) is 11.6 Å². The highest BCUT2D eigenvalue weighted by Gasteiger charge is 2.25. The van der Waals surface area contributed by atoms with Gasteiger partial charge in [0.05, 0.1) is 5.02 Å². The van der Waals surface area contributed by atoms with E-state index in [1.54, 1.807) is 11.0 Å². The molecule has 1 saturated heterocycles. The Hall–Kier alpha value is -1.89. The maximum atomic E-state index is 12.5. The minimum absolute atomic E-state index is 0.0773. The van der Waals surface area contributed by atoms with Crippen LogP contribution in [0.4, 0.5) is 0 Å². The fourth-order valence-corrected chi connectivity index (χ4v) is 3.94. The van der Waals surface area contributed by atoms with Gasteiger partial charge in [-0.3, -0.25) is 4.79 Å². The molecule has 0 unspecified atom stereocenters. The van der Waals surface area contributed by atoms with E-state index in [-0.39, 0.29) is 22.4 Å². The standard InChI is InChI=1S/C17H17ClN2O3S/c18-15-8-7-14(17(21)20-9-4-10-20)11-16(15)24(22,23)19-12-13-5-2-1-3-6-13/h1-3,5-8,11,19H,4,9-10,12H2. The van der Waals surface area contributed by atoms with Gasteiger partial charge in [0.2, 0.25) is 10.0 Å². The summed E-state index contributed by atoms with van der Waals surface area (Å²) in [6, 6.07) is 13.5. The summed E-state index contributed by atoms with van der Waals surface area (Å²) in [6.45, 7) is 1.56. The Morgan fingerprint density at radius 1 is 1.12 bits per heavy atom. The Balaban J connectivity index is 1.82. The van der Waals surface area contributed by atoms with E-state index in [2.05, 4.69) is 4.72 Å². The molecular formula is C17H17ClN2O3S. The minimum Gasteiger partial charge on any atom is -0.339 e. The summed E-state index contributed by atoms with van der Waals surface area (Å²) < 4.78 is 27.6. The molecule has 0 spiro atoms. The molecule has 0 bridgehead atoms. The Labute approximate surface area is 146 Å². The van der Waals surface area contributed by atoms with Gasteiger partial charge in [-0.25, -0.2) is 13.1 Å². The largest absolute Gasteiger partial charge is 0.339 e. The third-order valence-corrected chi connectivity index (χ3v) is 5.80. The summed E-state index contributed by atoms with van der Waals surface area (Å²) in [5.41, 5.74) is 1.17. The van der Waals surface area contributed by atoms with Gasteiger partial charge in [-0.05, 0) is 30.2 Å². The van der Waals surface area contributed by atoms with Gasteiger partial charge in [-0.1, -0.05) is 41.9 Å². The molecular weight excluding hydrogens is 348 g/mol. The van der Waals surface area contributed by atoms with Gasteiger partial charge in [0.25, 0.3) is 5.91 Å².